The quantitative estimate of drug-likeness (QED) is 0.655. The molecule has 6 heteroatoms. The van der Waals surface area contributed by atoms with Crippen molar-refractivity contribution in [3.8, 4) is 5.69 Å². The first-order valence-corrected chi connectivity index (χ1v) is 8.02. The maximum Gasteiger partial charge on any atom is 0.151 e. The number of fused-ring (bicyclic) bond motifs is 1. The first-order valence-electron chi connectivity index (χ1n) is 7.26. The minimum Gasteiger partial charge on any atom is -0.370 e. The lowest BCUT2D eigenvalue weighted by Gasteiger charge is -2.15. The SMILES string of the molecule is Clc1cccc(-n2cc(N3CCCC3)c3c(Cl)ncnc32)c1. The average molecular weight is 333 g/mol. The fourth-order valence-corrected chi connectivity index (χ4v) is 3.44. The Bertz CT molecular complexity index is 837. The summed E-state index contributed by atoms with van der Waals surface area (Å²) in [6.45, 7) is 2.08. The van der Waals surface area contributed by atoms with Gasteiger partial charge in [-0.25, -0.2) is 9.97 Å². The second kappa shape index (κ2) is 5.45. The normalized spacial score (nSPS) is 14.9. The van der Waals surface area contributed by atoms with Crippen LogP contribution >= 0.6 is 23.2 Å². The molecule has 1 aliphatic rings. The van der Waals surface area contributed by atoms with E-state index in [2.05, 4.69) is 21.1 Å². The van der Waals surface area contributed by atoms with Crippen LogP contribution in [-0.4, -0.2) is 27.6 Å². The van der Waals surface area contributed by atoms with Crippen molar-refractivity contribution in [2.75, 3.05) is 18.0 Å². The molecule has 0 atom stereocenters. The molecule has 0 radical (unpaired) electrons. The molecule has 4 nitrogen and oxygen atoms in total. The first kappa shape index (κ1) is 13.9. The van der Waals surface area contributed by atoms with Crippen LogP contribution in [0, 0.1) is 0 Å². The molecule has 3 aromatic rings. The molecule has 3 heterocycles. The number of rotatable bonds is 2. The van der Waals surface area contributed by atoms with E-state index in [0.717, 1.165) is 35.5 Å². The molecule has 0 aliphatic carbocycles. The van der Waals surface area contributed by atoms with E-state index in [1.807, 2.05) is 28.8 Å². The Balaban J connectivity index is 1.97. The third kappa shape index (κ3) is 2.23. The molecule has 0 spiro atoms. The number of nitrogens with zero attached hydrogens (tertiary/aromatic N) is 4. The maximum absolute atomic E-state index is 6.36. The van der Waals surface area contributed by atoms with Crippen LogP contribution < -0.4 is 4.90 Å². The molecule has 112 valence electrons. The van der Waals surface area contributed by atoms with Gasteiger partial charge in [-0.3, -0.25) is 4.57 Å². The van der Waals surface area contributed by atoms with Crippen molar-refractivity contribution < 1.29 is 0 Å². The molecule has 1 aromatic carbocycles. The molecule has 1 fully saturated rings. The number of hydrogen-bond acceptors (Lipinski definition) is 3. The Morgan fingerprint density at radius 3 is 2.64 bits per heavy atom. The molecule has 0 unspecified atom stereocenters. The van der Waals surface area contributed by atoms with Gasteiger partial charge >= 0.3 is 0 Å². The molecule has 0 saturated carbocycles. The van der Waals surface area contributed by atoms with Gasteiger partial charge in [-0.05, 0) is 31.0 Å². The largest absolute Gasteiger partial charge is 0.370 e. The highest BCUT2D eigenvalue weighted by Crippen LogP contribution is 2.35. The van der Waals surface area contributed by atoms with E-state index in [4.69, 9.17) is 23.2 Å². The molecular weight excluding hydrogens is 319 g/mol. The van der Waals surface area contributed by atoms with E-state index in [1.165, 1.54) is 19.2 Å². The standard InChI is InChI=1S/C16H14Cl2N4/c17-11-4-3-5-12(8-11)22-9-13(21-6-1-2-7-21)14-15(18)19-10-20-16(14)22/h3-5,8-10H,1-2,6-7H2. The van der Waals surface area contributed by atoms with Crippen molar-refractivity contribution in [3.63, 3.8) is 0 Å². The molecule has 2 aromatic heterocycles. The highest BCUT2D eigenvalue weighted by molar-refractivity contribution is 6.35. The number of halogens is 2. The molecular formula is C16H14Cl2N4. The van der Waals surface area contributed by atoms with Crippen LogP contribution in [0.3, 0.4) is 0 Å². The molecule has 1 aliphatic heterocycles. The fourth-order valence-electron chi connectivity index (χ4n) is 3.03. The summed E-state index contributed by atoms with van der Waals surface area (Å²) in [5, 5.41) is 2.10. The first-order chi connectivity index (χ1) is 10.7. The van der Waals surface area contributed by atoms with Crippen molar-refractivity contribution in [1.82, 2.24) is 14.5 Å². The van der Waals surface area contributed by atoms with Crippen molar-refractivity contribution in [1.29, 1.82) is 0 Å². The minimum absolute atomic E-state index is 0.493. The van der Waals surface area contributed by atoms with Crippen LogP contribution in [0.4, 0.5) is 5.69 Å². The zero-order valence-corrected chi connectivity index (χ0v) is 13.3. The van der Waals surface area contributed by atoms with Gasteiger partial charge in [-0.1, -0.05) is 29.3 Å². The van der Waals surface area contributed by atoms with E-state index in [-0.39, 0.29) is 0 Å². The summed E-state index contributed by atoms with van der Waals surface area (Å²) in [5.74, 6) is 0. The predicted octanol–water partition coefficient (Wildman–Crippen LogP) is 4.33. The summed E-state index contributed by atoms with van der Waals surface area (Å²) in [6, 6.07) is 7.72. The summed E-state index contributed by atoms with van der Waals surface area (Å²) in [6.07, 6.45) is 5.99. The van der Waals surface area contributed by atoms with Crippen LogP contribution in [0.1, 0.15) is 12.8 Å². The van der Waals surface area contributed by atoms with Gasteiger partial charge < -0.3 is 4.90 Å². The molecule has 0 bridgehead atoms. The predicted molar refractivity (Wildman–Crippen MR) is 90.3 cm³/mol. The zero-order valence-electron chi connectivity index (χ0n) is 11.8. The Hall–Kier alpha value is -1.78. The van der Waals surface area contributed by atoms with Crippen LogP contribution in [0.15, 0.2) is 36.8 Å². The summed E-state index contributed by atoms with van der Waals surface area (Å²) in [4.78, 5) is 10.9. The highest BCUT2D eigenvalue weighted by atomic mass is 35.5. The Morgan fingerprint density at radius 2 is 1.86 bits per heavy atom. The number of anilines is 1. The van der Waals surface area contributed by atoms with Gasteiger partial charge in [-0.15, -0.1) is 0 Å². The molecule has 4 rings (SSSR count). The average Bonchev–Trinajstić information content (AvgIpc) is 3.15. The van der Waals surface area contributed by atoms with E-state index >= 15 is 0 Å². The van der Waals surface area contributed by atoms with Crippen molar-refractivity contribution in [2.24, 2.45) is 0 Å². The van der Waals surface area contributed by atoms with Gasteiger partial charge in [0.1, 0.15) is 11.5 Å². The lowest BCUT2D eigenvalue weighted by Crippen LogP contribution is -2.17. The number of aromatic nitrogens is 3. The number of benzene rings is 1. The van der Waals surface area contributed by atoms with Crippen molar-refractivity contribution >= 4 is 39.9 Å². The Kier molecular flexibility index (Phi) is 3.43. The minimum atomic E-state index is 0.493. The smallest absolute Gasteiger partial charge is 0.151 e. The monoisotopic (exact) mass is 332 g/mol. The second-order valence-corrected chi connectivity index (χ2v) is 6.22. The van der Waals surface area contributed by atoms with Gasteiger partial charge in [0.25, 0.3) is 0 Å². The van der Waals surface area contributed by atoms with Crippen molar-refractivity contribution in [2.45, 2.75) is 12.8 Å². The third-order valence-corrected chi connectivity index (χ3v) is 4.57. The van der Waals surface area contributed by atoms with Crippen molar-refractivity contribution in [3.05, 3.63) is 47.0 Å². The van der Waals surface area contributed by atoms with Gasteiger partial charge in [0, 0.05) is 30.0 Å². The highest BCUT2D eigenvalue weighted by Gasteiger charge is 2.21. The molecule has 1 saturated heterocycles. The third-order valence-electron chi connectivity index (χ3n) is 4.05. The van der Waals surface area contributed by atoms with E-state index in [1.54, 1.807) is 0 Å². The number of hydrogen-bond donors (Lipinski definition) is 0. The fraction of sp³-hybridized carbons (Fsp3) is 0.250. The lowest BCUT2D eigenvalue weighted by atomic mass is 10.3. The van der Waals surface area contributed by atoms with Gasteiger partial charge in [0.15, 0.2) is 5.65 Å². The van der Waals surface area contributed by atoms with Gasteiger partial charge in [0.05, 0.1) is 11.1 Å². The summed E-state index contributed by atoms with van der Waals surface area (Å²) >= 11 is 12.5. The summed E-state index contributed by atoms with van der Waals surface area (Å²) < 4.78 is 2.03. The van der Waals surface area contributed by atoms with Gasteiger partial charge in [0.2, 0.25) is 0 Å². The lowest BCUT2D eigenvalue weighted by molar-refractivity contribution is 0.949. The van der Waals surface area contributed by atoms with Crippen LogP contribution in [0.5, 0.6) is 0 Å². The summed E-state index contributed by atoms with van der Waals surface area (Å²) in [7, 11) is 0. The van der Waals surface area contributed by atoms with Crippen LogP contribution in [0.2, 0.25) is 10.2 Å². The maximum atomic E-state index is 6.36. The van der Waals surface area contributed by atoms with Gasteiger partial charge in [-0.2, -0.15) is 0 Å². The van der Waals surface area contributed by atoms with E-state index in [9.17, 15) is 0 Å². The second-order valence-electron chi connectivity index (χ2n) is 5.42. The molecule has 22 heavy (non-hydrogen) atoms. The zero-order chi connectivity index (χ0) is 15.1. The van der Waals surface area contributed by atoms with E-state index in [0.29, 0.717) is 10.2 Å². The summed E-state index contributed by atoms with van der Waals surface area (Å²) in [5.41, 5.74) is 2.87. The Morgan fingerprint density at radius 1 is 1.05 bits per heavy atom. The molecule has 0 N–H and O–H groups in total. The topological polar surface area (TPSA) is 34.0 Å². The van der Waals surface area contributed by atoms with E-state index < -0.39 is 0 Å². The van der Waals surface area contributed by atoms with Crippen LogP contribution in [-0.2, 0) is 0 Å². The molecule has 0 amide bonds. The van der Waals surface area contributed by atoms with Crippen LogP contribution in [0.25, 0.3) is 16.7 Å². The Labute approximate surface area is 138 Å².